The standard InChI is InChI=1S/C10H12ClFN2O2/c1-16-10(15)7(14)4-5-2-3-6(13)9(12)8(5)11/h2-3,7H,4,13-14H2,1H3/t7-/m1/s1. The summed E-state index contributed by atoms with van der Waals surface area (Å²) in [6.07, 6.45) is 0.0999. The second-order valence-corrected chi connectivity index (χ2v) is 3.65. The zero-order valence-corrected chi connectivity index (χ0v) is 9.42. The monoisotopic (exact) mass is 246 g/mol. The van der Waals surface area contributed by atoms with Crippen LogP contribution in [-0.4, -0.2) is 19.1 Å². The van der Waals surface area contributed by atoms with Gasteiger partial charge < -0.3 is 16.2 Å². The number of ether oxygens (including phenoxy) is 1. The molecule has 4 N–H and O–H groups in total. The minimum atomic E-state index is -0.870. The van der Waals surface area contributed by atoms with E-state index in [1.807, 2.05) is 0 Å². The van der Waals surface area contributed by atoms with Gasteiger partial charge in [-0.2, -0.15) is 0 Å². The second kappa shape index (κ2) is 5.14. The van der Waals surface area contributed by atoms with Crippen molar-refractivity contribution in [3.8, 4) is 0 Å². The number of rotatable bonds is 3. The number of carbonyl (C=O) groups is 1. The van der Waals surface area contributed by atoms with Gasteiger partial charge in [-0.1, -0.05) is 17.7 Å². The molecule has 1 aromatic rings. The van der Waals surface area contributed by atoms with Gasteiger partial charge in [0.2, 0.25) is 0 Å². The largest absolute Gasteiger partial charge is 0.468 e. The Hall–Kier alpha value is -1.33. The van der Waals surface area contributed by atoms with Crippen molar-refractivity contribution in [1.82, 2.24) is 0 Å². The van der Waals surface area contributed by atoms with Crippen LogP contribution in [0.1, 0.15) is 5.56 Å². The fourth-order valence-corrected chi connectivity index (χ4v) is 1.48. The van der Waals surface area contributed by atoms with E-state index in [4.69, 9.17) is 23.1 Å². The van der Waals surface area contributed by atoms with E-state index >= 15 is 0 Å². The topological polar surface area (TPSA) is 78.3 Å². The fraction of sp³-hybridized carbons (Fsp3) is 0.300. The Labute approximate surface area is 97.3 Å². The molecule has 0 aromatic heterocycles. The SMILES string of the molecule is COC(=O)[C@H](N)Cc1ccc(N)c(F)c1Cl. The average molecular weight is 247 g/mol. The first-order valence-corrected chi connectivity index (χ1v) is 4.91. The van der Waals surface area contributed by atoms with E-state index in [0.29, 0.717) is 5.56 Å². The summed E-state index contributed by atoms with van der Waals surface area (Å²) in [5, 5.41) is -0.112. The number of hydrogen-bond acceptors (Lipinski definition) is 4. The molecular formula is C10H12ClFN2O2. The maximum absolute atomic E-state index is 13.3. The summed E-state index contributed by atoms with van der Waals surface area (Å²) in [6.45, 7) is 0. The van der Waals surface area contributed by atoms with Crippen molar-refractivity contribution in [2.24, 2.45) is 5.73 Å². The zero-order valence-electron chi connectivity index (χ0n) is 8.67. The first-order valence-electron chi connectivity index (χ1n) is 4.53. The van der Waals surface area contributed by atoms with Crippen LogP contribution in [0.25, 0.3) is 0 Å². The van der Waals surface area contributed by atoms with Crippen LogP contribution in [0.2, 0.25) is 5.02 Å². The van der Waals surface area contributed by atoms with E-state index in [2.05, 4.69) is 4.74 Å². The van der Waals surface area contributed by atoms with Crippen molar-refractivity contribution >= 4 is 23.3 Å². The Balaban J connectivity index is 2.90. The molecular weight excluding hydrogens is 235 g/mol. The van der Waals surface area contributed by atoms with Crippen LogP contribution >= 0.6 is 11.6 Å². The van der Waals surface area contributed by atoms with E-state index in [-0.39, 0.29) is 17.1 Å². The van der Waals surface area contributed by atoms with Crippen molar-refractivity contribution in [1.29, 1.82) is 0 Å². The highest BCUT2D eigenvalue weighted by Gasteiger charge is 2.18. The summed E-state index contributed by atoms with van der Waals surface area (Å²) in [5.74, 6) is -1.27. The Morgan fingerprint density at radius 3 is 2.81 bits per heavy atom. The molecule has 1 atom stereocenters. The summed E-state index contributed by atoms with van der Waals surface area (Å²) in [6, 6.07) is 2.04. The van der Waals surface area contributed by atoms with Gasteiger partial charge in [0.15, 0.2) is 5.82 Å². The number of halogens is 2. The summed E-state index contributed by atoms with van der Waals surface area (Å²) >= 11 is 5.73. The van der Waals surface area contributed by atoms with Crippen LogP contribution in [0.3, 0.4) is 0 Å². The molecule has 0 amide bonds. The highest BCUT2D eigenvalue weighted by molar-refractivity contribution is 6.31. The van der Waals surface area contributed by atoms with Crippen LogP contribution in [0.5, 0.6) is 0 Å². The lowest BCUT2D eigenvalue weighted by Crippen LogP contribution is -2.33. The lowest BCUT2D eigenvalue weighted by Gasteiger charge is -2.11. The molecule has 16 heavy (non-hydrogen) atoms. The maximum atomic E-state index is 13.3. The normalized spacial score (nSPS) is 12.2. The van der Waals surface area contributed by atoms with Crippen LogP contribution < -0.4 is 11.5 Å². The predicted molar refractivity (Wildman–Crippen MR) is 59.5 cm³/mol. The Morgan fingerprint density at radius 1 is 1.62 bits per heavy atom. The van der Waals surface area contributed by atoms with Gasteiger partial charge in [0.25, 0.3) is 0 Å². The molecule has 0 aliphatic carbocycles. The van der Waals surface area contributed by atoms with Gasteiger partial charge in [0.1, 0.15) is 6.04 Å². The lowest BCUT2D eigenvalue weighted by molar-refractivity contribution is -0.142. The molecule has 0 saturated carbocycles. The molecule has 0 aliphatic rings. The van der Waals surface area contributed by atoms with E-state index in [1.165, 1.54) is 19.2 Å². The molecule has 0 spiro atoms. The zero-order chi connectivity index (χ0) is 12.3. The molecule has 6 heteroatoms. The first-order chi connectivity index (χ1) is 7.47. The van der Waals surface area contributed by atoms with Gasteiger partial charge in [-0.25, -0.2) is 4.39 Å². The van der Waals surface area contributed by atoms with Gasteiger partial charge in [0.05, 0.1) is 17.8 Å². The third-order valence-electron chi connectivity index (χ3n) is 2.14. The Kier molecular flexibility index (Phi) is 4.09. The summed E-state index contributed by atoms with van der Waals surface area (Å²) in [5.41, 5.74) is 11.2. The van der Waals surface area contributed by atoms with Crippen LogP contribution in [0.15, 0.2) is 12.1 Å². The molecule has 4 nitrogen and oxygen atoms in total. The molecule has 1 aromatic carbocycles. The van der Waals surface area contributed by atoms with Crippen molar-refractivity contribution in [3.05, 3.63) is 28.5 Å². The van der Waals surface area contributed by atoms with Crippen LogP contribution in [0, 0.1) is 5.82 Å². The molecule has 0 saturated heterocycles. The molecule has 1 rings (SSSR count). The first kappa shape index (κ1) is 12.7. The second-order valence-electron chi connectivity index (χ2n) is 3.28. The van der Waals surface area contributed by atoms with Crippen LogP contribution in [-0.2, 0) is 16.0 Å². The molecule has 88 valence electrons. The van der Waals surface area contributed by atoms with Crippen molar-refractivity contribution in [3.63, 3.8) is 0 Å². The van der Waals surface area contributed by atoms with E-state index in [9.17, 15) is 9.18 Å². The van der Waals surface area contributed by atoms with Gasteiger partial charge >= 0.3 is 5.97 Å². The van der Waals surface area contributed by atoms with Crippen molar-refractivity contribution in [2.45, 2.75) is 12.5 Å². The average Bonchev–Trinajstić information content (AvgIpc) is 2.28. The van der Waals surface area contributed by atoms with Crippen molar-refractivity contribution < 1.29 is 13.9 Å². The van der Waals surface area contributed by atoms with Crippen LogP contribution in [0.4, 0.5) is 10.1 Å². The highest BCUT2D eigenvalue weighted by atomic mass is 35.5. The highest BCUT2D eigenvalue weighted by Crippen LogP contribution is 2.25. The number of hydrogen-bond donors (Lipinski definition) is 2. The minimum absolute atomic E-state index is 0.0413. The molecule has 0 radical (unpaired) electrons. The number of carbonyl (C=O) groups excluding carboxylic acids is 1. The summed E-state index contributed by atoms with van der Waals surface area (Å²) in [7, 11) is 1.23. The third-order valence-corrected chi connectivity index (χ3v) is 2.54. The number of methoxy groups -OCH3 is 1. The molecule has 0 heterocycles. The lowest BCUT2D eigenvalue weighted by atomic mass is 10.1. The summed E-state index contributed by atoms with van der Waals surface area (Å²) in [4.78, 5) is 11.1. The van der Waals surface area contributed by atoms with E-state index in [1.54, 1.807) is 0 Å². The number of nitrogens with two attached hydrogens (primary N) is 2. The number of anilines is 1. The predicted octanol–water partition coefficient (Wildman–Crippen LogP) is 1.10. The van der Waals surface area contributed by atoms with E-state index < -0.39 is 17.8 Å². The fourth-order valence-electron chi connectivity index (χ4n) is 1.23. The number of benzene rings is 1. The molecule has 0 aliphatic heterocycles. The van der Waals surface area contributed by atoms with E-state index in [0.717, 1.165) is 0 Å². The Morgan fingerprint density at radius 2 is 2.25 bits per heavy atom. The van der Waals surface area contributed by atoms with Gasteiger partial charge in [-0.15, -0.1) is 0 Å². The number of nitrogen functional groups attached to an aromatic ring is 1. The van der Waals surface area contributed by atoms with Gasteiger partial charge in [0, 0.05) is 0 Å². The Bertz CT molecular complexity index is 412. The quantitative estimate of drug-likeness (QED) is 0.619. The molecule has 0 fully saturated rings. The number of esters is 1. The van der Waals surface area contributed by atoms with Gasteiger partial charge in [-0.3, -0.25) is 4.79 Å². The third kappa shape index (κ3) is 2.62. The van der Waals surface area contributed by atoms with Gasteiger partial charge in [-0.05, 0) is 18.1 Å². The van der Waals surface area contributed by atoms with Crippen molar-refractivity contribution in [2.75, 3.05) is 12.8 Å². The molecule has 0 bridgehead atoms. The minimum Gasteiger partial charge on any atom is -0.468 e. The maximum Gasteiger partial charge on any atom is 0.322 e. The molecule has 0 unspecified atom stereocenters. The summed E-state index contributed by atoms with van der Waals surface area (Å²) < 4.78 is 17.8. The smallest absolute Gasteiger partial charge is 0.322 e.